The molecule has 0 aliphatic carbocycles. The van der Waals surface area contributed by atoms with Crippen LogP contribution in [0.25, 0.3) is 0 Å². The van der Waals surface area contributed by atoms with Gasteiger partial charge in [-0.05, 0) is 35.4 Å². The van der Waals surface area contributed by atoms with Crippen molar-refractivity contribution >= 4 is 40.8 Å². The van der Waals surface area contributed by atoms with Gasteiger partial charge in [0.1, 0.15) is 18.4 Å². The van der Waals surface area contributed by atoms with Gasteiger partial charge in [-0.2, -0.15) is 0 Å². The number of rotatable bonds is 9. The number of aliphatic carboxylic acids is 1. The molecule has 0 saturated carbocycles. The second-order valence-electron chi connectivity index (χ2n) is 7.94. The molecule has 3 aromatic carbocycles. The maximum absolute atomic E-state index is 12.6. The predicted molar refractivity (Wildman–Crippen MR) is 133 cm³/mol. The van der Waals surface area contributed by atoms with Crippen molar-refractivity contribution in [3.8, 4) is 5.75 Å². The average Bonchev–Trinajstić information content (AvgIpc) is 3.35. The highest BCUT2D eigenvalue weighted by Gasteiger charge is 2.32. The number of carboxylic acid groups (broad SMARTS) is 1. The van der Waals surface area contributed by atoms with Crippen molar-refractivity contribution in [3.63, 3.8) is 0 Å². The van der Waals surface area contributed by atoms with Gasteiger partial charge in [0.2, 0.25) is 6.10 Å². The van der Waals surface area contributed by atoms with Crippen LogP contribution in [0.15, 0.2) is 78.0 Å². The number of carboxylic acids is 1. The van der Waals surface area contributed by atoms with E-state index in [1.54, 1.807) is 42.5 Å². The number of carbonyl (C=O) groups is 2. The van der Waals surface area contributed by atoms with E-state index >= 15 is 0 Å². The molecule has 1 unspecified atom stereocenters. The van der Waals surface area contributed by atoms with Crippen LogP contribution in [0.4, 0.5) is 0 Å². The minimum Gasteiger partial charge on any atom is -0.489 e. The molecule has 0 fully saturated rings. The molecule has 9 heteroatoms. The summed E-state index contributed by atoms with van der Waals surface area (Å²) in [5.74, 6) is -1.09. The van der Waals surface area contributed by atoms with E-state index in [9.17, 15) is 14.7 Å². The van der Waals surface area contributed by atoms with Crippen molar-refractivity contribution in [2.24, 2.45) is 5.16 Å². The van der Waals surface area contributed by atoms with Gasteiger partial charge in [0.25, 0.3) is 5.91 Å². The lowest BCUT2D eigenvalue weighted by Crippen LogP contribution is -2.46. The fourth-order valence-electron chi connectivity index (χ4n) is 3.57. The van der Waals surface area contributed by atoms with Gasteiger partial charge in [0.05, 0.1) is 5.71 Å². The van der Waals surface area contributed by atoms with Crippen LogP contribution in [0.1, 0.15) is 23.1 Å². The zero-order chi connectivity index (χ0) is 24.8. The summed E-state index contributed by atoms with van der Waals surface area (Å²) in [6.07, 6.45) is -0.514. The van der Waals surface area contributed by atoms with Gasteiger partial charge in [-0.3, -0.25) is 4.79 Å². The summed E-state index contributed by atoms with van der Waals surface area (Å²) >= 11 is 12.3. The van der Waals surface area contributed by atoms with Crippen LogP contribution in [0.5, 0.6) is 5.75 Å². The summed E-state index contributed by atoms with van der Waals surface area (Å²) in [4.78, 5) is 29.7. The van der Waals surface area contributed by atoms with E-state index in [4.69, 9.17) is 32.8 Å². The number of benzene rings is 3. The number of amides is 1. The quantitative estimate of drug-likeness (QED) is 0.425. The molecule has 4 rings (SSSR count). The van der Waals surface area contributed by atoms with E-state index in [0.29, 0.717) is 27.1 Å². The molecule has 2 N–H and O–H groups in total. The van der Waals surface area contributed by atoms with Gasteiger partial charge in [-0.25, -0.2) is 4.79 Å². The van der Waals surface area contributed by atoms with Crippen molar-refractivity contribution < 1.29 is 24.3 Å². The summed E-state index contributed by atoms with van der Waals surface area (Å²) in [5.41, 5.74) is 2.90. The molecular weight excluding hydrogens is 491 g/mol. The van der Waals surface area contributed by atoms with Crippen LogP contribution in [0.3, 0.4) is 0 Å². The summed E-state index contributed by atoms with van der Waals surface area (Å²) in [7, 11) is 0. The first-order chi connectivity index (χ1) is 16.9. The first-order valence-corrected chi connectivity index (χ1v) is 11.6. The Balaban J connectivity index is 1.32. The molecule has 180 valence electrons. The Labute approximate surface area is 212 Å². The van der Waals surface area contributed by atoms with Crippen molar-refractivity contribution in [3.05, 3.63) is 99.5 Å². The van der Waals surface area contributed by atoms with Crippen LogP contribution in [-0.2, 0) is 27.5 Å². The molecule has 1 heterocycles. The number of hydrogen-bond donors (Lipinski definition) is 2. The second kappa shape index (κ2) is 11.3. The van der Waals surface area contributed by atoms with E-state index in [1.807, 2.05) is 30.3 Å². The molecule has 35 heavy (non-hydrogen) atoms. The van der Waals surface area contributed by atoms with E-state index in [0.717, 1.165) is 11.1 Å². The van der Waals surface area contributed by atoms with E-state index in [-0.39, 0.29) is 19.4 Å². The summed E-state index contributed by atoms with van der Waals surface area (Å²) in [6.45, 7) is 0.195. The normalized spacial score (nSPS) is 15.6. The predicted octanol–water partition coefficient (Wildman–Crippen LogP) is 4.88. The number of oxime groups is 1. The minimum absolute atomic E-state index is 0.0941. The topological polar surface area (TPSA) is 97.2 Å². The maximum Gasteiger partial charge on any atom is 0.326 e. The monoisotopic (exact) mass is 512 g/mol. The fraction of sp³-hybridized carbons (Fsp3) is 0.192. The zero-order valence-corrected chi connectivity index (χ0v) is 20.0. The van der Waals surface area contributed by atoms with Crippen molar-refractivity contribution in [1.29, 1.82) is 0 Å². The molecule has 0 bridgehead atoms. The molecule has 0 spiro atoms. The van der Waals surface area contributed by atoms with Crippen LogP contribution in [0, 0.1) is 0 Å². The SMILES string of the molecule is O=C(N[C@@H](Cc1ccc(OCc2c(Cl)cccc2Cl)cc1)C(=O)O)C1CC(c2ccccc2)=NO1. The molecule has 0 saturated heterocycles. The number of ether oxygens (including phenoxy) is 1. The van der Waals surface area contributed by atoms with Gasteiger partial charge in [0, 0.05) is 28.5 Å². The maximum atomic E-state index is 12.6. The van der Waals surface area contributed by atoms with Gasteiger partial charge in [-0.15, -0.1) is 0 Å². The lowest BCUT2D eigenvalue weighted by Gasteiger charge is -2.17. The van der Waals surface area contributed by atoms with Crippen molar-refractivity contribution in [1.82, 2.24) is 5.32 Å². The average molecular weight is 513 g/mol. The van der Waals surface area contributed by atoms with Crippen LogP contribution in [0.2, 0.25) is 10.0 Å². The standard InChI is InChI=1S/C26H22Cl2N2O5/c27-20-7-4-8-21(28)19(20)15-34-18-11-9-16(10-12-18)13-23(26(32)33)29-25(31)24-14-22(30-35-24)17-5-2-1-3-6-17/h1-12,23-24H,13-15H2,(H,29,31)(H,32,33)/t23-,24?/m0/s1. The lowest BCUT2D eigenvalue weighted by molar-refractivity contribution is -0.143. The van der Waals surface area contributed by atoms with E-state index < -0.39 is 24.0 Å². The fourth-order valence-corrected chi connectivity index (χ4v) is 4.07. The molecule has 3 aromatic rings. The zero-order valence-electron chi connectivity index (χ0n) is 18.5. The highest BCUT2D eigenvalue weighted by atomic mass is 35.5. The lowest BCUT2D eigenvalue weighted by atomic mass is 10.0. The number of nitrogens with zero attached hydrogens (tertiary/aromatic N) is 1. The number of carbonyl (C=O) groups excluding carboxylic acids is 1. The Morgan fingerprint density at radius 2 is 1.71 bits per heavy atom. The van der Waals surface area contributed by atoms with Gasteiger partial charge < -0.3 is 20.0 Å². The van der Waals surface area contributed by atoms with Gasteiger partial charge in [0.15, 0.2) is 0 Å². The Morgan fingerprint density at radius 1 is 1.03 bits per heavy atom. The third-order valence-corrected chi connectivity index (χ3v) is 6.20. The highest BCUT2D eigenvalue weighted by Crippen LogP contribution is 2.26. The van der Waals surface area contributed by atoms with Gasteiger partial charge in [-0.1, -0.05) is 76.9 Å². The molecular formula is C26H22Cl2N2O5. The van der Waals surface area contributed by atoms with Crippen molar-refractivity contribution in [2.45, 2.75) is 31.6 Å². The number of hydrogen-bond acceptors (Lipinski definition) is 5. The molecule has 1 aliphatic rings. The first kappa shape index (κ1) is 24.6. The molecule has 0 aromatic heterocycles. The summed E-state index contributed by atoms with van der Waals surface area (Å²) in [5, 5.41) is 17.2. The van der Waals surface area contributed by atoms with Crippen LogP contribution in [-0.4, -0.2) is 34.8 Å². The largest absolute Gasteiger partial charge is 0.489 e. The molecule has 0 radical (unpaired) electrons. The Kier molecular flexibility index (Phi) is 7.90. The Bertz CT molecular complexity index is 1210. The van der Waals surface area contributed by atoms with Gasteiger partial charge >= 0.3 is 5.97 Å². The third kappa shape index (κ3) is 6.32. The van der Waals surface area contributed by atoms with Crippen molar-refractivity contribution in [2.75, 3.05) is 0 Å². The summed E-state index contributed by atoms with van der Waals surface area (Å²) in [6, 6.07) is 20.4. The molecule has 1 aliphatic heterocycles. The molecule has 2 atom stereocenters. The summed E-state index contributed by atoms with van der Waals surface area (Å²) < 4.78 is 5.76. The first-order valence-electron chi connectivity index (χ1n) is 10.9. The second-order valence-corrected chi connectivity index (χ2v) is 8.75. The van der Waals surface area contributed by atoms with E-state index in [2.05, 4.69) is 10.5 Å². The molecule has 1 amide bonds. The Morgan fingerprint density at radius 3 is 2.37 bits per heavy atom. The minimum atomic E-state index is -1.14. The number of nitrogens with one attached hydrogen (secondary N) is 1. The van der Waals surface area contributed by atoms with Crippen LogP contribution < -0.4 is 10.1 Å². The number of halogens is 2. The molecule has 7 nitrogen and oxygen atoms in total. The van der Waals surface area contributed by atoms with E-state index in [1.165, 1.54) is 0 Å². The highest BCUT2D eigenvalue weighted by molar-refractivity contribution is 6.35. The Hall–Kier alpha value is -3.55. The third-order valence-electron chi connectivity index (χ3n) is 5.49. The van der Waals surface area contributed by atoms with Crippen LogP contribution >= 0.6 is 23.2 Å². The smallest absolute Gasteiger partial charge is 0.326 e.